The molecule has 0 aromatic rings. The van der Waals surface area contributed by atoms with E-state index in [2.05, 4.69) is 18.7 Å². The third kappa shape index (κ3) is 2.96. The van der Waals surface area contributed by atoms with Gasteiger partial charge in [-0.2, -0.15) is 0 Å². The van der Waals surface area contributed by atoms with Gasteiger partial charge in [-0.3, -0.25) is 0 Å². The molecule has 13 heavy (non-hydrogen) atoms. The lowest BCUT2D eigenvalue weighted by molar-refractivity contribution is 0.237. The van der Waals surface area contributed by atoms with E-state index in [-0.39, 0.29) is 0 Å². The van der Waals surface area contributed by atoms with Crippen molar-refractivity contribution in [2.45, 2.75) is 39.2 Å². The molecule has 0 aromatic carbocycles. The van der Waals surface area contributed by atoms with Gasteiger partial charge in [-0.15, -0.1) is 0 Å². The second-order valence-electron chi connectivity index (χ2n) is 5.27. The van der Waals surface area contributed by atoms with E-state index in [0.717, 1.165) is 6.61 Å². The molecule has 0 aliphatic carbocycles. The normalized spacial score (nSPS) is 34.2. The minimum atomic E-state index is 0.569. The Balaban J connectivity index is 1.79. The molecular formula is C11H21NO. The largest absolute Gasteiger partial charge is 0.372 e. The highest BCUT2D eigenvalue weighted by Gasteiger charge is 2.28. The molecule has 0 N–H and O–H groups in total. The summed E-state index contributed by atoms with van der Waals surface area (Å²) < 4.78 is 5.26. The van der Waals surface area contributed by atoms with E-state index in [1.54, 1.807) is 0 Å². The van der Waals surface area contributed by atoms with Crippen molar-refractivity contribution >= 4 is 0 Å². The summed E-state index contributed by atoms with van der Waals surface area (Å²) in [5, 5.41) is 0. The van der Waals surface area contributed by atoms with Crippen molar-refractivity contribution < 1.29 is 4.74 Å². The molecule has 76 valence electrons. The number of hydrogen-bond donors (Lipinski definition) is 0. The monoisotopic (exact) mass is 183 g/mol. The van der Waals surface area contributed by atoms with Crippen LogP contribution >= 0.6 is 0 Å². The molecule has 0 saturated carbocycles. The molecular weight excluding hydrogens is 162 g/mol. The predicted molar refractivity (Wildman–Crippen MR) is 53.8 cm³/mol. The Hall–Kier alpha value is -0.0800. The zero-order valence-electron chi connectivity index (χ0n) is 8.88. The van der Waals surface area contributed by atoms with Crippen molar-refractivity contribution in [2.24, 2.45) is 5.41 Å². The van der Waals surface area contributed by atoms with Gasteiger partial charge in [0.15, 0.2) is 0 Å². The Kier molecular flexibility index (Phi) is 2.61. The van der Waals surface area contributed by atoms with Crippen LogP contribution in [0.25, 0.3) is 0 Å². The molecule has 2 heterocycles. The maximum absolute atomic E-state index is 5.26. The van der Waals surface area contributed by atoms with Gasteiger partial charge >= 0.3 is 0 Å². The minimum Gasteiger partial charge on any atom is -0.372 e. The zero-order valence-corrected chi connectivity index (χ0v) is 8.88. The van der Waals surface area contributed by atoms with Crippen LogP contribution in [0.5, 0.6) is 0 Å². The summed E-state index contributed by atoms with van der Waals surface area (Å²) >= 11 is 0. The second-order valence-corrected chi connectivity index (χ2v) is 5.27. The van der Waals surface area contributed by atoms with Crippen molar-refractivity contribution in [3.05, 3.63) is 0 Å². The maximum atomic E-state index is 5.26. The number of epoxide rings is 1. The molecule has 2 fully saturated rings. The predicted octanol–water partition coefficient (Wildman–Crippen LogP) is 1.90. The molecule has 0 radical (unpaired) electrons. The van der Waals surface area contributed by atoms with E-state index in [4.69, 9.17) is 4.74 Å². The fourth-order valence-electron chi connectivity index (χ4n) is 2.12. The first-order valence-corrected chi connectivity index (χ1v) is 5.50. The Morgan fingerprint density at radius 2 is 2.08 bits per heavy atom. The Labute approximate surface area is 81.3 Å². The molecule has 2 heteroatoms. The van der Waals surface area contributed by atoms with Crippen LogP contribution in [0.1, 0.15) is 33.1 Å². The van der Waals surface area contributed by atoms with Gasteiger partial charge in [-0.05, 0) is 37.8 Å². The number of hydrogen-bond acceptors (Lipinski definition) is 2. The summed E-state index contributed by atoms with van der Waals surface area (Å²) in [6.45, 7) is 9.51. The summed E-state index contributed by atoms with van der Waals surface area (Å²) in [7, 11) is 0. The smallest absolute Gasteiger partial charge is 0.0936 e. The van der Waals surface area contributed by atoms with Crippen LogP contribution < -0.4 is 0 Å². The average molecular weight is 183 g/mol. The lowest BCUT2D eigenvalue weighted by Crippen LogP contribution is -2.29. The lowest BCUT2D eigenvalue weighted by atomic mass is 9.85. The van der Waals surface area contributed by atoms with E-state index in [1.807, 2.05) is 0 Å². The second kappa shape index (κ2) is 3.58. The van der Waals surface area contributed by atoms with Gasteiger partial charge in [0.25, 0.3) is 0 Å². The third-order valence-electron chi connectivity index (χ3n) is 3.30. The average Bonchev–Trinajstić information content (AvgIpc) is 2.83. The summed E-state index contributed by atoms with van der Waals surface area (Å²) in [5.41, 5.74) is 0.569. The Morgan fingerprint density at radius 3 is 2.77 bits per heavy atom. The van der Waals surface area contributed by atoms with Crippen LogP contribution in [0.4, 0.5) is 0 Å². The molecule has 0 bridgehead atoms. The van der Waals surface area contributed by atoms with Crippen molar-refractivity contribution in [1.82, 2.24) is 4.90 Å². The van der Waals surface area contributed by atoms with Gasteiger partial charge in [0.05, 0.1) is 12.7 Å². The third-order valence-corrected chi connectivity index (χ3v) is 3.30. The lowest BCUT2D eigenvalue weighted by Gasteiger charge is -2.22. The highest BCUT2D eigenvalue weighted by Crippen LogP contribution is 2.30. The molecule has 0 unspecified atom stereocenters. The summed E-state index contributed by atoms with van der Waals surface area (Å²) in [6, 6.07) is 0. The molecule has 2 nitrogen and oxygen atoms in total. The molecule has 2 aliphatic rings. The first-order valence-electron chi connectivity index (χ1n) is 5.50. The van der Waals surface area contributed by atoms with Crippen molar-refractivity contribution in [3.63, 3.8) is 0 Å². The number of rotatable bonds is 2. The SMILES string of the molecule is CC1(C)CCCN(C[C@H]2CO2)CC1. The number of nitrogens with zero attached hydrogens (tertiary/aromatic N) is 1. The summed E-state index contributed by atoms with van der Waals surface area (Å²) in [6.07, 6.45) is 4.66. The highest BCUT2D eigenvalue weighted by atomic mass is 16.6. The topological polar surface area (TPSA) is 15.8 Å². The van der Waals surface area contributed by atoms with E-state index in [1.165, 1.54) is 38.9 Å². The highest BCUT2D eigenvalue weighted by molar-refractivity contribution is 4.80. The van der Waals surface area contributed by atoms with E-state index >= 15 is 0 Å². The molecule has 1 atom stereocenters. The fraction of sp³-hybridized carbons (Fsp3) is 1.00. The van der Waals surface area contributed by atoms with Gasteiger partial charge in [-0.1, -0.05) is 13.8 Å². The van der Waals surface area contributed by atoms with Gasteiger partial charge in [-0.25, -0.2) is 0 Å². The fourth-order valence-corrected chi connectivity index (χ4v) is 2.12. The first-order chi connectivity index (χ1) is 6.16. The molecule has 0 amide bonds. The Morgan fingerprint density at radius 1 is 1.31 bits per heavy atom. The van der Waals surface area contributed by atoms with E-state index in [0.29, 0.717) is 11.5 Å². The molecule has 2 rings (SSSR count). The van der Waals surface area contributed by atoms with Crippen molar-refractivity contribution in [2.75, 3.05) is 26.2 Å². The van der Waals surface area contributed by atoms with Crippen LogP contribution in [0.3, 0.4) is 0 Å². The van der Waals surface area contributed by atoms with Crippen LogP contribution in [0, 0.1) is 5.41 Å². The standard InChI is InChI=1S/C11H21NO/c1-11(2)4-3-6-12(7-5-11)8-10-9-13-10/h10H,3-9H2,1-2H3/t10-/m0/s1. The van der Waals surface area contributed by atoms with Crippen molar-refractivity contribution in [1.29, 1.82) is 0 Å². The molecule has 2 aliphatic heterocycles. The van der Waals surface area contributed by atoms with E-state index < -0.39 is 0 Å². The number of ether oxygens (including phenoxy) is 1. The summed E-state index contributed by atoms with van der Waals surface area (Å²) in [4.78, 5) is 2.58. The summed E-state index contributed by atoms with van der Waals surface area (Å²) in [5.74, 6) is 0. The number of likely N-dealkylation sites (tertiary alicyclic amines) is 1. The van der Waals surface area contributed by atoms with Crippen LogP contribution in [0.15, 0.2) is 0 Å². The van der Waals surface area contributed by atoms with Gasteiger partial charge in [0.1, 0.15) is 0 Å². The minimum absolute atomic E-state index is 0.569. The van der Waals surface area contributed by atoms with Crippen LogP contribution in [0.2, 0.25) is 0 Å². The van der Waals surface area contributed by atoms with Crippen molar-refractivity contribution in [3.8, 4) is 0 Å². The molecule has 0 aromatic heterocycles. The Bertz CT molecular complexity index is 175. The van der Waals surface area contributed by atoms with Crippen LogP contribution in [-0.4, -0.2) is 37.2 Å². The first kappa shape index (κ1) is 9.47. The van der Waals surface area contributed by atoms with Gasteiger partial charge < -0.3 is 9.64 Å². The van der Waals surface area contributed by atoms with E-state index in [9.17, 15) is 0 Å². The van der Waals surface area contributed by atoms with Gasteiger partial charge in [0.2, 0.25) is 0 Å². The molecule has 2 saturated heterocycles. The molecule has 0 spiro atoms. The quantitative estimate of drug-likeness (QED) is 0.608. The van der Waals surface area contributed by atoms with Gasteiger partial charge in [0, 0.05) is 6.54 Å². The maximum Gasteiger partial charge on any atom is 0.0936 e. The van der Waals surface area contributed by atoms with Crippen LogP contribution in [-0.2, 0) is 4.74 Å². The zero-order chi connectivity index (χ0) is 9.31.